The van der Waals surface area contributed by atoms with E-state index in [4.69, 9.17) is 0 Å². The van der Waals surface area contributed by atoms with Gasteiger partial charge in [-0.3, -0.25) is 9.89 Å². The first kappa shape index (κ1) is 14.3. The quantitative estimate of drug-likeness (QED) is 0.759. The van der Waals surface area contributed by atoms with Crippen LogP contribution in [0.4, 0.5) is 0 Å². The van der Waals surface area contributed by atoms with Crippen LogP contribution in [0.3, 0.4) is 0 Å². The zero-order chi connectivity index (χ0) is 14.8. The van der Waals surface area contributed by atoms with Gasteiger partial charge in [-0.2, -0.15) is 5.10 Å². The first-order chi connectivity index (χ1) is 10.2. The predicted octanol–water partition coefficient (Wildman–Crippen LogP) is 4.05. The summed E-state index contributed by atoms with van der Waals surface area (Å²) in [7, 11) is 0. The maximum atomic E-state index is 12.6. The lowest BCUT2D eigenvalue weighted by atomic mass is 10.1. The molecule has 3 aromatic rings. The van der Waals surface area contributed by atoms with Gasteiger partial charge in [-0.15, -0.1) is 11.3 Å². The number of nitrogens with one attached hydrogen (secondary N) is 1. The summed E-state index contributed by atoms with van der Waals surface area (Å²) in [6.45, 7) is 3.30. The van der Waals surface area contributed by atoms with E-state index in [-0.39, 0.29) is 5.91 Å². The summed E-state index contributed by atoms with van der Waals surface area (Å²) in [4.78, 5) is 15.6. The fraction of sp³-hybridized carbons (Fsp3) is 0.200. The van der Waals surface area contributed by atoms with Crippen LogP contribution in [0.15, 0.2) is 40.3 Å². The summed E-state index contributed by atoms with van der Waals surface area (Å²) in [6.07, 6.45) is 1.75. The largest absolute Gasteiger partial charge is 0.334 e. The first-order valence-electron chi connectivity index (χ1n) is 6.64. The molecule has 1 amide bonds. The Kier molecular flexibility index (Phi) is 4.07. The molecule has 0 atom stereocenters. The van der Waals surface area contributed by atoms with Crippen molar-refractivity contribution in [2.45, 2.75) is 13.5 Å². The van der Waals surface area contributed by atoms with Crippen molar-refractivity contribution in [3.05, 3.63) is 50.8 Å². The van der Waals surface area contributed by atoms with E-state index in [1.165, 1.54) is 4.88 Å². The lowest BCUT2D eigenvalue weighted by Gasteiger charge is -2.20. The Balaban J connectivity index is 1.83. The number of aromatic nitrogens is 2. The molecule has 0 radical (unpaired) electrons. The molecule has 4 nitrogen and oxygen atoms in total. The fourth-order valence-electron chi connectivity index (χ4n) is 2.20. The molecule has 1 N–H and O–H groups in total. The molecule has 2 heterocycles. The van der Waals surface area contributed by atoms with E-state index in [2.05, 4.69) is 26.1 Å². The molecule has 0 spiro atoms. The molecule has 2 aromatic heterocycles. The number of aromatic amines is 1. The average molecular weight is 364 g/mol. The van der Waals surface area contributed by atoms with Gasteiger partial charge in [0.05, 0.1) is 22.0 Å². The summed E-state index contributed by atoms with van der Waals surface area (Å²) >= 11 is 5.11. The minimum atomic E-state index is 0.0403. The highest BCUT2D eigenvalue weighted by Gasteiger charge is 2.16. The van der Waals surface area contributed by atoms with Crippen LogP contribution in [0.25, 0.3) is 10.9 Å². The highest BCUT2D eigenvalue weighted by molar-refractivity contribution is 9.11. The van der Waals surface area contributed by atoms with E-state index in [1.807, 2.05) is 42.2 Å². The Bertz CT molecular complexity index is 780. The van der Waals surface area contributed by atoms with Crippen molar-refractivity contribution in [2.24, 2.45) is 0 Å². The van der Waals surface area contributed by atoms with Gasteiger partial charge >= 0.3 is 0 Å². The van der Waals surface area contributed by atoms with Crippen LogP contribution >= 0.6 is 27.3 Å². The minimum Gasteiger partial charge on any atom is -0.334 e. The summed E-state index contributed by atoms with van der Waals surface area (Å²) < 4.78 is 1.08. The number of thiophene rings is 1. The average Bonchev–Trinajstić information content (AvgIpc) is 3.11. The lowest BCUT2D eigenvalue weighted by molar-refractivity contribution is 0.0754. The maximum absolute atomic E-state index is 12.6. The smallest absolute Gasteiger partial charge is 0.254 e. The number of halogens is 1. The van der Waals surface area contributed by atoms with Crippen LogP contribution in [0.2, 0.25) is 0 Å². The van der Waals surface area contributed by atoms with Crippen molar-refractivity contribution in [1.29, 1.82) is 0 Å². The molecule has 0 fully saturated rings. The van der Waals surface area contributed by atoms with E-state index < -0.39 is 0 Å². The molecule has 6 heteroatoms. The molecule has 0 aliphatic carbocycles. The summed E-state index contributed by atoms with van der Waals surface area (Å²) in [5.41, 5.74) is 1.57. The molecule has 21 heavy (non-hydrogen) atoms. The predicted molar refractivity (Wildman–Crippen MR) is 88.5 cm³/mol. The Hall–Kier alpha value is -1.66. The second-order valence-electron chi connectivity index (χ2n) is 4.70. The topological polar surface area (TPSA) is 49.0 Å². The standard InChI is InChI=1S/C15H14BrN3OS/c1-2-19(9-12-5-6-14(16)21-12)15(20)10-3-4-11-8-17-18-13(11)7-10/h3-8H,2,9H2,1H3,(H,17,18). The Morgan fingerprint density at radius 2 is 2.24 bits per heavy atom. The third kappa shape index (κ3) is 3.01. The van der Waals surface area contributed by atoms with Gasteiger partial charge in [-0.05, 0) is 47.1 Å². The Morgan fingerprint density at radius 3 is 2.95 bits per heavy atom. The van der Waals surface area contributed by atoms with Crippen LogP contribution < -0.4 is 0 Å². The second-order valence-corrected chi connectivity index (χ2v) is 7.24. The number of hydrogen-bond acceptors (Lipinski definition) is 3. The molecule has 1 aromatic carbocycles. The number of rotatable bonds is 4. The van der Waals surface area contributed by atoms with Crippen molar-refractivity contribution in [3.63, 3.8) is 0 Å². The van der Waals surface area contributed by atoms with E-state index in [0.717, 1.165) is 14.7 Å². The van der Waals surface area contributed by atoms with Crippen molar-refractivity contribution in [3.8, 4) is 0 Å². The van der Waals surface area contributed by atoms with Gasteiger partial charge in [0.2, 0.25) is 0 Å². The van der Waals surface area contributed by atoms with E-state index in [9.17, 15) is 4.79 Å². The number of benzene rings is 1. The highest BCUT2D eigenvalue weighted by atomic mass is 79.9. The van der Waals surface area contributed by atoms with Crippen LogP contribution in [0.5, 0.6) is 0 Å². The van der Waals surface area contributed by atoms with Crippen molar-refractivity contribution in [1.82, 2.24) is 15.1 Å². The normalized spacial score (nSPS) is 11.0. The van der Waals surface area contributed by atoms with Gasteiger partial charge < -0.3 is 4.90 Å². The lowest BCUT2D eigenvalue weighted by Crippen LogP contribution is -2.29. The Morgan fingerprint density at radius 1 is 1.38 bits per heavy atom. The van der Waals surface area contributed by atoms with Gasteiger partial charge in [0.15, 0.2) is 0 Å². The molecule has 0 unspecified atom stereocenters. The molecule has 0 saturated heterocycles. The number of nitrogens with zero attached hydrogens (tertiary/aromatic N) is 2. The van der Waals surface area contributed by atoms with Gasteiger partial charge in [0, 0.05) is 22.4 Å². The van der Waals surface area contributed by atoms with Crippen LogP contribution in [0.1, 0.15) is 22.2 Å². The number of hydrogen-bond donors (Lipinski definition) is 1. The van der Waals surface area contributed by atoms with Gasteiger partial charge in [-0.25, -0.2) is 0 Å². The molecule has 108 valence electrons. The summed E-state index contributed by atoms with van der Waals surface area (Å²) in [5, 5.41) is 7.89. The zero-order valence-corrected chi connectivity index (χ0v) is 13.9. The molecule has 0 aliphatic heterocycles. The molecule has 0 saturated carbocycles. The van der Waals surface area contributed by atoms with Crippen molar-refractivity contribution < 1.29 is 4.79 Å². The first-order valence-corrected chi connectivity index (χ1v) is 8.25. The monoisotopic (exact) mass is 363 g/mol. The van der Waals surface area contributed by atoms with E-state index in [1.54, 1.807) is 17.5 Å². The number of carbonyl (C=O) groups excluding carboxylic acids is 1. The number of H-pyrrole nitrogens is 1. The second kappa shape index (κ2) is 5.99. The third-order valence-electron chi connectivity index (χ3n) is 3.33. The molecule has 0 bridgehead atoms. The van der Waals surface area contributed by atoms with Gasteiger partial charge in [0.1, 0.15) is 0 Å². The molecule has 3 rings (SSSR count). The van der Waals surface area contributed by atoms with Crippen molar-refractivity contribution >= 4 is 44.1 Å². The van der Waals surface area contributed by atoms with Crippen LogP contribution in [-0.2, 0) is 6.54 Å². The molecular formula is C15H14BrN3OS. The highest BCUT2D eigenvalue weighted by Crippen LogP contribution is 2.24. The van der Waals surface area contributed by atoms with E-state index in [0.29, 0.717) is 18.7 Å². The van der Waals surface area contributed by atoms with Crippen molar-refractivity contribution in [2.75, 3.05) is 6.54 Å². The fourth-order valence-corrected chi connectivity index (χ4v) is 3.70. The third-order valence-corrected chi connectivity index (χ3v) is 4.94. The van der Waals surface area contributed by atoms with Gasteiger partial charge in [0.25, 0.3) is 5.91 Å². The summed E-state index contributed by atoms with van der Waals surface area (Å²) in [5.74, 6) is 0.0403. The van der Waals surface area contributed by atoms with Gasteiger partial charge in [-0.1, -0.05) is 6.07 Å². The molecular weight excluding hydrogens is 350 g/mol. The number of fused-ring (bicyclic) bond motifs is 1. The number of amides is 1. The van der Waals surface area contributed by atoms with Crippen LogP contribution in [-0.4, -0.2) is 27.5 Å². The maximum Gasteiger partial charge on any atom is 0.254 e. The molecule has 0 aliphatic rings. The Labute approximate surface area is 134 Å². The van der Waals surface area contributed by atoms with E-state index >= 15 is 0 Å². The number of carbonyl (C=O) groups is 1. The zero-order valence-electron chi connectivity index (χ0n) is 11.5. The van der Waals surface area contributed by atoms with Crippen LogP contribution in [0, 0.1) is 0 Å². The summed E-state index contributed by atoms with van der Waals surface area (Å²) in [6, 6.07) is 9.68. The SMILES string of the molecule is CCN(Cc1ccc(Br)s1)C(=O)c1ccc2cn[nH]c2c1. The minimum absolute atomic E-state index is 0.0403.